The van der Waals surface area contributed by atoms with Crippen LogP contribution in [-0.4, -0.2) is 43.1 Å². The Morgan fingerprint density at radius 2 is 1.74 bits per heavy atom. The lowest BCUT2D eigenvalue weighted by molar-refractivity contribution is -0.148. The standard InChI is InChI=1S/C22H33N3O6/c1-3-30-21(28)16(2)14-18(20(23)27)25-19(26)12-8-5-9-13-24-22(29)31-15-17-10-6-4-7-11-17/h4,6-7,10-11,16,18H,3,5,8-9,12-15H2,1-2H3,(H2,23,27)(H,24,29)(H,25,26)/t16-,18+/m0/s1. The Labute approximate surface area is 183 Å². The van der Waals surface area contributed by atoms with E-state index in [9.17, 15) is 19.2 Å². The van der Waals surface area contributed by atoms with Crippen molar-refractivity contribution in [2.75, 3.05) is 13.2 Å². The van der Waals surface area contributed by atoms with Gasteiger partial charge in [0.15, 0.2) is 0 Å². The molecular formula is C22H33N3O6. The number of amides is 3. The van der Waals surface area contributed by atoms with E-state index in [1.165, 1.54) is 0 Å². The quantitative estimate of drug-likeness (QED) is 0.302. The summed E-state index contributed by atoms with van der Waals surface area (Å²) >= 11 is 0. The predicted octanol–water partition coefficient (Wildman–Crippen LogP) is 2.03. The lowest BCUT2D eigenvalue weighted by Crippen LogP contribution is -2.46. The van der Waals surface area contributed by atoms with E-state index in [4.69, 9.17) is 15.2 Å². The van der Waals surface area contributed by atoms with Crippen LogP contribution in [0.15, 0.2) is 30.3 Å². The van der Waals surface area contributed by atoms with E-state index in [-0.39, 0.29) is 32.0 Å². The fraction of sp³-hybridized carbons (Fsp3) is 0.545. The van der Waals surface area contributed by atoms with E-state index in [0.29, 0.717) is 25.8 Å². The molecule has 172 valence electrons. The Hall–Kier alpha value is -3.10. The number of carbonyl (C=O) groups excluding carboxylic acids is 4. The third-order valence-electron chi connectivity index (χ3n) is 4.52. The van der Waals surface area contributed by atoms with Gasteiger partial charge in [0.2, 0.25) is 11.8 Å². The molecule has 0 aliphatic heterocycles. The van der Waals surface area contributed by atoms with Crippen molar-refractivity contribution in [1.29, 1.82) is 0 Å². The number of hydrogen-bond acceptors (Lipinski definition) is 6. The van der Waals surface area contributed by atoms with Gasteiger partial charge in [-0.25, -0.2) is 4.79 Å². The highest BCUT2D eigenvalue weighted by atomic mass is 16.5. The highest BCUT2D eigenvalue weighted by molar-refractivity contribution is 5.87. The Bertz CT molecular complexity index is 710. The fourth-order valence-corrected chi connectivity index (χ4v) is 2.80. The van der Waals surface area contributed by atoms with Crippen molar-refractivity contribution in [2.45, 2.75) is 58.6 Å². The second-order valence-corrected chi connectivity index (χ2v) is 7.21. The van der Waals surface area contributed by atoms with Gasteiger partial charge >= 0.3 is 12.1 Å². The molecule has 1 aromatic carbocycles. The monoisotopic (exact) mass is 435 g/mol. The van der Waals surface area contributed by atoms with Gasteiger partial charge in [-0.15, -0.1) is 0 Å². The number of alkyl carbamates (subject to hydrolysis) is 1. The number of carbonyl (C=O) groups is 4. The van der Waals surface area contributed by atoms with Crippen LogP contribution in [0.1, 0.15) is 51.5 Å². The molecule has 9 heteroatoms. The third kappa shape index (κ3) is 11.6. The molecule has 0 radical (unpaired) electrons. The maximum Gasteiger partial charge on any atom is 0.407 e. The Balaban J connectivity index is 2.17. The molecule has 3 amide bonds. The van der Waals surface area contributed by atoms with Crippen LogP contribution < -0.4 is 16.4 Å². The van der Waals surface area contributed by atoms with Crippen LogP contribution in [0.5, 0.6) is 0 Å². The number of rotatable bonds is 14. The van der Waals surface area contributed by atoms with Gasteiger partial charge in [0, 0.05) is 13.0 Å². The summed E-state index contributed by atoms with van der Waals surface area (Å²) in [6.07, 6.45) is 1.82. The van der Waals surface area contributed by atoms with Gasteiger partial charge in [0.05, 0.1) is 12.5 Å². The summed E-state index contributed by atoms with van der Waals surface area (Å²) in [4.78, 5) is 47.0. The lowest BCUT2D eigenvalue weighted by atomic mass is 10.0. The molecule has 0 aromatic heterocycles. The predicted molar refractivity (Wildman–Crippen MR) is 115 cm³/mol. The first kappa shape index (κ1) is 25.9. The number of benzene rings is 1. The van der Waals surface area contributed by atoms with Crippen molar-refractivity contribution in [1.82, 2.24) is 10.6 Å². The molecule has 0 fully saturated rings. The van der Waals surface area contributed by atoms with Crippen molar-refractivity contribution in [3.05, 3.63) is 35.9 Å². The maximum atomic E-state index is 12.1. The Morgan fingerprint density at radius 1 is 1.03 bits per heavy atom. The van der Waals surface area contributed by atoms with Crippen molar-refractivity contribution in [3.8, 4) is 0 Å². The largest absolute Gasteiger partial charge is 0.466 e. The molecule has 0 saturated carbocycles. The summed E-state index contributed by atoms with van der Waals surface area (Å²) in [6, 6.07) is 8.46. The molecule has 0 bridgehead atoms. The summed E-state index contributed by atoms with van der Waals surface area (Å²) in [7, 11) is 0. The summed E-state index contributed by atoms with van der Waals surface area (Å²) < 4.78 is 10.0. The second kappa shape index (κ2) is 14.8. The first-order valence-electron chi connectivity index (χ1n) is 10.5. The summed E-state index contributed by atoms with van der Waals surface area (Å²) in [5, 5.41) is 5.24. The number of nitrogens with two attached hydrogens (primary N) is 1. The van der Waals surface area contributed by atoms with Gasteiger partial charge in [-0.1, -0.05) is 43.7 Å². The lowest BCUT2D eigenvalue weighted by Gasteiger charge is -2.18. The van der Waals surface area contributed by atoms with Crippen molar-refractivity contribution in [2.24, 2.45) is 11.7 Å². The number of esters is 1. The van der Waals surface area contributed by atoms with E-state index in [1.54, 1.807) is 13.8 Å². The van der Waals surface area contributed by atoms with Gasteiger partial charge < -0.3 is 25.8 Å². The minimum Gasteiger partial charge on any atom is -0.466 e. The zero-order chi connectivity index (χ0) is 23.1. The van der Waals surface area contributed by atoms with Gasteiger partial charge in [-0.05, 0) is 31.7 Å². The van der Waals surface area contributed by atoms with Crippen LogP contribution in [-0.2, 0) is 30.5 Å². The number of hydrogen-bond donors (Lipinski definition) is 3. The van der Waals surface area contributed by atoms with Crippen molar-refractivity contribution in [3.63, 3.8) is 0 Å². The molecule has 31 heavy (non-hydrogen) atoms. The van der Waals surface area contributed by atoms with E-state index in [1.807, 2.05) is 30.3 Å². The molecule has 0 spiro atoms. The molecule has 0 unspecified atom stereocenters. The number of primary amides is 1. The van der Waals surface area contributed by atoms with Crippen LogP contribution >= 0.6 is 0 Å². The fourth-order valence-electron chi connectivity index (χ4n) is 2.80. The smallest absolute Gasteiger partial charge is 0.407 e. The molecule has 0 aliphatic carbocycles. The first-order chi connectivity index (χ1) is 14.8. The SMILES string of the molecule is CCOC(=O)[C@@H](C)C[C@@H](NC(=O)CCCCCNC(=O)OCc1ccccc1)C(N)=O. The second-order valence-electron chi connectivity index (χ2n) is 7.21. The molecule has 1 rings (SSSR count). The zero-order valence-electron chi connectivity index (χ0n) is 18.2. The van der Waals surface area contributed by atoms with Crippen LogP contribution in [0.25, 0.3) is 0 Å². The molecule has 0 saturated heterocycles. The molecular weight excluding hydrogens is 402 g/mol. The maximum absolute atomic E-state index is 12.1. The summed E-state index contributed by atoms with van der Waals surface area (Å²) in [6.45, 7) is 4.22. The topological polar surface area (TPSA) is 137 Å². The Morgan fingerprint density at radius 3 is 2.39 bits per heavy atom. The van der Waals surface area contributed by atoms with Crippen molar-refractivity contribution >= 4 is 23.9 Å². The van der Waals surface area contributed by atoms with Crippen LogP contribution in [0.2, 0.25) is 0 Å². The molecule has 9 nitrogen and oxygen atoms in total. The summed E-state index contributed by atoms with van der Waals surface area (Å²) in [5.41, 5.74) is 6.25. The van der Waals surface area contributed by atoms with E-state index in [2.05, 4.69) is 10.6 Å². The number of ether oxygens (including phenoxy) is 2. The zero-order valence-corrected chi connectivity index (χ0v) is 18.2. The number of nitrogens with one attached hydrogen (secondary N) is 2. The van der Waals surface area contributed by atoms with Crippen LogP contribution in [0, 0.1) is 5.92 Å². The average molecular weight is 436 g/mol. The van der Waals surface area contributed by atoms with E-state index < -0.39 is 29.9 Å². The van der Waals surface area contributed by atoms with Gasteiger partial charge in [0.25, 0.3) is 0 Å². The average Bonchev–Trinajstić information content (AvgIpc) is 2.74. The van der Waals surface area contributed by atoms with Gasteiger partial charge in [-0.2, -0.15) is 0 Å². The van der Waals surface area contributed by atoms with E-state index in [0.717, 1.165) is 5.56 Å². The molecule has 4 N–H and O–H groups in total. The minimum atomic E-state index is -0.923. The molecule has 2 atom stereocenters. The Kier molecular flexibility index (Phi) is 12.4. The van der Waals surface area contributed by atoms with E-state index >= 15 is 0 Å². The molecule has 1 aromatic rings. The third-order valence-corrected chi connectivity index (χ3v) is 4.52. The molecule has 0 aliphatic rings. The first-order valence-corrected chi connectivity index (χ1v) is 10.5. The van der Waals surface area contributed by atoms with Crippen molar-refractivity contribution < 1.29 is 28.7 Å². The van der Waals surface area contributed by atoms with Gasteiger partial charge in [0.1, 0.15) is 12.6 Å². The normalized spacial score (nSPS) is 12.3. The minimum absolute atomic E-state index is 0.0922. The highest BCUT2D eigenvalue weighted by Gasteiger charge is 2.25. The number of unbranched alkanes of at least 4 members (excludes halogenated alkanes) is 2. The van der Waals surface area contributed by atoms with Gasteiger partial charge in [-0.3, -0.25) is 14.4 Å². The molecule has 0 heterocycles. The van der Waals surface area contributed by atoms with Crippen LogP contribution in [0.3, 0.4) is 0 Å². The van der Waals surface area contributed by atoms with Crippen LogP contribution in [0.4, 0.5) is 4.79 Å². The summed E-state index contributed by atoms with van der Waals surface area (Å²) in [5.74, 6) is -1.99. The highest BCUT2D eigenvalue weighted by Crippen LogP contribution is 2.09.